The van der Waals surface area contributed by atoms with Gasteiger partial charge in [0.1, 0.15) is 0 Å². The van der Waals surface area contributed by atoms with Gasteiger partial charge in [0.15, 0.2) is 0 Å². The van der Waals surface area contributed by atoms with E-state index in [1.165, 1.54) is 7.05 Å². The summed E-state index contributed by atoms with van der Waals surface area (Å²) < 4.78 is 66.1. The average Bonchev–Trinajstić information content (AvgIpc) is 2.46. The van der Waals surface area contributed by atoms with Crippen LogP contribution in [0.5, 0.6) is 0 Å². The van der Waals surface area contributed by atoms with Gasteiger partial charge < -0.3 is 0 Å². The van der Waals surface area contributed by atoms with Gasteiger partial charge in [0, 0.05) is 21.7 Å². The van der Waals surface area contributed by atoms with Crippen molar-refractivity contribution in [1.29, 1.82) is 0 Å². The van der Waals surface area contributed by atoms with Crippen LogP contribution < -0.4 is 4.31 Å². The van der Waals surface area contributed by atoms with Crippen molar-refractivity contribution in [1.82, 2.24) is 0 Å². The summed E-state index contributed by atoms with van der Waals surface area (Å²) in [5.74, 6) is 0. The number of halogens is 4. The molecule has 0 aliphatic carbocycles. The van der Waals surface area contributed by atoms with E-state index in [0.29, 0.717) is 11.3 Å². The van der Waals surface area contributed by atoms with Crippen molar-refractivity contribution in [2.24, 2.45) is 0 Å². The van der Waals surface area contributed by atoms with E-state index >= 15 is 0 Å². The fourth-order valence-electron chi connectivity index (χ4n) is 2.56. The van der Waals surface area contributed by atoms with Gasteiger partial charge in [0.2, 0.25) is 0 Å². The van der Waals surface area contributed by atoms with Crippen LogP contribution >= 0.6 is 22.6 Å². The lowest BCUT2D eigenvalue weighted by molar-refractivity contribution is -0.137. The average molecular weight is 453 g/mol. The largest absolute Gasteiger partial charge is 0.416 e. The molecule has 0 amide bonds. The Morgan fingerprint density at radius 1 is 1.09 bits per heavy atom. The van der Waals surface area contributed by atoms with Gasteiger partial charge in [-0.1, -0.05) is 0 Å². The molecule has 2 aromatic carbocycles. The van der Waals surface area contributed by atoms with Gasteiger partial charge in [0.05, 0.1) is 16.1 Å². The van der Waals surface area contributed by atoms with Crippen LogP contribution in [-0.4, -0.2) is 15.5 Å². The highest BCUT2D eigenvalue weighted by Crippen LogP contribution is 2.45. The predicted octanol–water partition coefficient (Wildman–Crippen LogP) is 4.42. The number of rotatable bonds is 0. The Balaban J connectivity index is 2.40. The van der Waals surface area contributed by atoms with Crippen molar-refractivity contribution in [3.63, 3.8) is 0 Å². The first-order chi connectivity index (χ1) is 10.5. The van der Waals surface area contributed by atoms with Crippen LogP contribution in [0.4, 0.5) is 18.9 Å². The molecule has 0 N–H and O–H groups in total. The number of hydrogen-bond donors (Lipinski definition) is 0. The summed E-state index contributed by atoms with van der Waals surface area (Å²) in [6, 6.07) is 6.13. The predicted molar refractivity (Wildman–Crippen MR) is 89.9 cm³/mol. The van der Waals surface area contributed by atoms with Crippen LogP contribution in [-0.2, 0) is 16.2 Å². The second kappa shape index (κ2) is 5.10. The highest BCUT2D eigenvalue weighted by molar-refractivity contribution is 14.1. The number of hydrogen-bond acceptors (Lipinski definition) is 2. The van der Waals surface area contributed by atoms with Gasteiger partial charge in [-0.05, 0) is 65.4 Å². The molecular weight excluding hydrogens is 442 g/mol. The molecular formula is C15H11F3INO2S. The molecule has 0 bridgehead atoms. The third-order valence-electron chi connectivity index (χ3n) is 3.85. The Morgan fingerprint density at radius 2 is 1.74 bits per heavy atom. The molecule has 0 spiro atoms. The summed E-state index contributed by atoms with van der Waals surface area (Å²) in [6.45, 7) is 1.82. The molecule has 0 fully saturated rings. The van der Waals surface area contributed by atoms with Crippen LogP contribution in [0, 0.1) is 10.5 Å². The zero-order chi connectivity index (χ0) is 17.2. The number of sulfonamides is 1. The third kappa shape index (κ3) is 2.51. The smallest absolute Gasteiger partial charge is 0.269 e. The second-order valence-electron chi connectivity index (χ2n) is 5.30. The first-order valence-corrected chi connectivity index (χ1v) is 9.06. The van der Waals surface area contributed by atoms with Gasteiger partial charge in [-0.25, -0.2) is 8.42 Å². The van der Waals surface area contributed by atoms with E-state index in [1.807, 2.05) is 6.92 Å². The van der Waals surface area contributed by atoms with Crippen molar-refractivity contribution in [3.05, 3.63) is 45.0 Å². The van der Waals surface area contributed by atoms with E-state index in [0.717, 1.165) is 31.6 Å². The molecule has 2 aromatic rings. The lowest BCUT2D eigenvalue weighted by Crippen LogP contribution is -2.30. The highest BCUT2D eigenvalue weighted by Gasteiger charge is 2.37. The maximum Gasteiger partial charge on any atom is 0.416 e. The topological polar surface area (TPSA) is 37.4 Å². The summed E-state index contributed by atoms with van der Waals surface area (Å²) in [7, 11) is -2.46. The van der Waals surface area contributed by atoms with Gasteiger partial charge in [0.25, 0.3) is 10.0 Å². The fraction of sp³-hybridized carbons (Fsp3) is 0.200. The number of benzene rings is 2. The number of aryl methyl sites for hydroxylation is 1. The fourth-order valence-corrected chi connectivity index (χ4v) is 4.42. The zero-order valence-corrected chi connectivity index (χ0v) is 15.0. The molecule has 0 saturated carbocycles. The normalized spacial score (nSPS) is 16.0. The Morgan fingerprint density at radius 3 is 2.35 bits per heavy atom. The van der Waals surface area contributed by atoms with Crippen molar-refractivity contribution in [2.75, 3.05) is 11.4 Å². The Labute approximate surface area is 145 Å². The van der Waals surface area contributed by atoms with Crippen molar-refractivity contribution in [2.45, 2.75) is 18.0 Å². The molecule has 0 aromatic heterocycles. The molecule has 0 saturated heterocycles. The molecule has 1 heterocycles. The Kier molecular flexibility index (Phi) is 3.67. The lowest BCUT2D eigenvalue weighted by Gasteiger charge is -2.30. The molecule has 3 nitrogen and oxygen atoms in total. The quantitative estimate of drug-likeness (QED) is 0.554. The first-order valence-electron chi connectivity index (χ1n) is 6.54. The second-order valence-corrected chi connectivity index (χ2v) is 8.40. The number of fused-ring (bicyclic) bond motifs is 3. The van der Waals surface area contributed by atoms with Crippen molar-refractivity contribution < 1.29 is 21.6 Å². The highest BCUT2D eigenvalue weighted by atomic mass is 127. The molecule has 23 heavy (non-hydrogen) atoms. The first kappa shape index (κ1) is 16.6. The minimum Gasteiger partial charge on any atom is -0.269 e. The number of nitrogens with zero attached hydrogens (tertiary/aromatic N) is 1. The number of anilines is 1. The van der Waals surface area contributed by atoms with E-state index in [9.17, 15) is 21.6 Å². The summed E-state index contributed by atoms with van der Waals surface area (Å²) in [6.07, 6.45) is -4.53. The SMILES string of the molecule is Cc1cc2c(cc1I)-c1cc(C(F)(F)F)ccc1S(=O)(=O)N2C. The lowest BCUT2D eigenvalue weighted by atomic mass is 9.99. The van der Waals surface area contributed by atoms with Crippen molar-refractivity contribution in [3.8, 4) is 11.1 Å². The zero-order valence-electron chi connectivity index (χ0n) is 12.1. The van der Waals surface area contributed by atoms with E-state index < -0.39 is 21.8 Å². The van der Waals surface area contributed by atoms with Crippen LogP contribution in [0.2, 0.25) is 0 Å². The Hall–Kier alpha value is -1.29. The van der Waals surface area contributed by atoms with Crippen LogP contribution in [0.25, 0.3) is 11.1 Å². The minimum absolute atomic E-state index is 0.0887. The van der Waals surface area contributed by atoms with Gasteiger partial charge >= 0.3 is 6.18 Å². The summed E-state index contributed by atoms with van der Waals surface area (Å²) in [4.78, 5) is -0.111. The van der Waals surface area contributed by atoms with Crippen LogP contribution in [0.1, 0.15) is 11.1 Å². The van der Waals surface area contributed by atoms with Crippen LogP contribution in [0.3, 0.4) is 0 Å². The molecule has 1 aliphatic heterocycles. The molecule has 8 heteroatoms. The van der Waals surface area contributed by atoms with Gasteiger partial charge in [-0.2, -0.15) is 13.2 Å². The molecule has 3 rings (SSSR count). The van der Waals surface area contributed by atoms with E-state index in [2.05, 4.69) is 22.6 Å². The molecule has 0 atom stereocenters. The van der Waals surface area contributed by atoms with Crippen molar-refractivity contribution >= 4 is 38.3 Å². The van der Waals surface area contributed by atoms with E-state index in [-0.39, 0.29) is 10.5 Å². The maximum atomic E-state index is 13.0. The van der Waals surface area contributed by atoms with Crippen LogP contribution in [0.15, 0.2) is 35.2 Å². The summed E-state index contributed by atoms with van der Waals surface area (Å²) >= 11 is 2.08. The summed E-state index contributed by atoms with van der Waals surface area (Å²) in [5, 5.41) is 0. The summed E-state index contributed by atoms with van der Waals surface area (Å²) in [5.41, 5.74) is 0.957. The minimum atomic E-state index is -4.53. The Bertz CT molecular complexity index is 923. The third-order valence-corrected chi connectivity index (χ3v) is 6.84. The monoisotopic (exact) mass is 453 g/mol. The maximum absolute atomic E-state index is 13.0. The molecule has 122 valence electrons. The van der Waals surface area contributed by atoms with E-state index in [4.69, 9.17) is 0 Å². The standard InChI is InChI=1S/C15H11F3INO2S/c1-8-5-13-10(7-12(8)19)11-6-9(15(16,17)18)3-4-14(11)23(21,22)20(13)2/h3-7H,1-2H3. The van der Waals surface area contributed by atoms with Gasteiger partial charge in [-0.3, -0.25) is 4.31 Å². The molecule has 1 aliphatic rings. The number of alkyl halides is 3. The van der Waals surface area contributed by atoms with Gasteiger partial charge in [-0.15, -0.1) is 0 Å². The molecule has 0 unspecified atom stereocenters. The van der Waals surface area contributed by atoms with E-state index in [1.54, 1.807) is 12.1 Å². The molecule has 0 radical (unpaired) electrons.